The number of amides is 2. The first-order valence-corrected chi connectivity index (χ1v) is 14.8. The van der Waals surface area contributed by atoms with Crippen molar-refractivity contribution in [2.45, 2.75) is 57.7 Å². The summed E-state index contributed by atoms with van der Waals surface area (Å²) >= 11 is 1.52. The number of hydrogen-bond donors (Lipinski definition) is 1. The van der Waals surface area contributed by atoms with Crippen LogP contribution < -0.4 is 24.4 Å². The van der Waals surface area contributed by atoms with E-state index >= 15 is 0 Å². The normalized spacial score (nSPS) is 16.0. The number of fused-ring (bicyclic) bond motifs is 1. The number of rotatable bonds is 9. The van der Waals surface area contributed by atoms with Crippen LogP contribution in [0.5, 0.6) is 17.2 Å². The monoisotopic (exact) mass is 580 g/mol. The number of anilines is 1. The molecule has 2 unspecified atom stereocenters. The average molecular weight is 581 g/mol. The fraction of sp³-hybridized carbons (Fsp3) is 0.452. The fourth-order valence-corrected chi connectivity index (χ4v) is 6.01. The second-order valence-electron chi connectivity index (χ2n) is 11.1. The molecule has 3 aromatic rings. The highest BCUT2D eigenvalue weighted by molar-refractivity contribution is 8.00. The summed E-state index contributed by atoms with van der Waals surface area (Å²) in [5, 5.41) is 7.89. The number of thioether (sulfide) groups is 1. The van der Waals surface area contributed by atoms with Crippen LogP contribution in [-0.2, 0) is 15.0 Å². The quantitative estimate of drug-likeness (QED) is 0.368. The lowest BCUT2D eigenvalue weighted by Crippen LogP contribution is -2.44. The van der Waals surface area contributed by atoms with E-state index in [1.165, 1.54) is 11.8 Å². The lowest BCUT2D eigenvalue weighted by Gasteiger charge is -2.25. The van der Waals surface area contributed by atoms with Crippen LogP contribution >= 0.6 is 11.8 Å². The second-order valence-corrected chi connectivity index (χ2v) is 12.2. The van der Waals surface area contributed by atoms with Gasteiger partial charge in [0.2, 0.25) is 11.8 Å². The minimum absolute atomic E-state index is 0.00503. The molecule has 10 heteroatoms. The molecule has 1 aliphatic rings. The van der Waals surface area contributed by atoms with Crippen molar-refractivity contribution < 1.29 is 23.8 Å². The Morgan fingerprint density at radius 3 is 2.34 bits per heavy atom. The number of carbonyl (C=O) groups is 2. The van der Waals surface area contributed by atoms with Crippen molar-refractivity contribution in [2.75, 3.05) is 38.5 Å². The van der Waals surface area contributed by atoms with Crippen LogP contribution in [0.15, 0.2) is 42.5 Å². The maximum absolute atomic E-state index is 13.8. The lowest BCUT2D eigenvalue weighted by atomic mass is 9.87. The van der Waals surface area contributed by atoms with E-state index in [0.29, 0.717) is 23.1 Å². The molecule has 0 saturated heterocycles. The van der Waals surface area contributed by atoms with E-state index in [4.69, 9.17) is 19.3 Å². The highest BCUT2D eigenvalue weighted by Gasteiger charge is 2.40. The van der Waals surface area contributed by atoms with Gasteiger partial charge in [-0.1, -0.05) is 33.8 Å². The summed E-state index contributed by atoms with van der Waals surface area (Å²) in [5.41, 5.74) is 3.09. The average Bonchev–Trinajstić information content (AvgIpc) is 3.30. The van der Waals surface area contributed by atoms with Gasteiger partial charge in [0.25, 0.3) is 0 Å². The summed E-state index contributed by atoms with van der Waals surface area (Å²) < 4.78 is 18.3. The summed E-state index contributed by atoms with van der Waals surface area (Å²) in [6.07, 6.45) is 0.792. The first kappa shape index (κ1) is 30.3. The Bertz CT molecular complexity index is 1400. The number of aromatic nitrogens is 2. The molecule has 0 spiro atoms. The summed E-state index contributed by atoms with van der Waals surface area (Å²) in [7, 11) is 4.83. The molecule has 0 fully saturated rings. The third-order valence-corrected chi connectivity index (χ3v) is 8.40. The van der Waals surface area contributed by atoms with Crippen molar-refractivity contribution in [3.05, 3.63) is 59.3 Å². The molecule has 1 N–H and O–H groups in total. The van der Waals surface area contributed by atoms with Crippen LogP contribution in [0.4, 0.5) is 5.82 Å². The van der Waals surface area contributed by atoms with E-state index in [1.807, 2.05) is 56.3 Å². The molecular weight excluding hydrogens is 540 g/mol. The van der Waals surface area contributed by atoms with Gasteiger partial charge in [0, 0.05) is 17.0 Å². The van der Waals surface area contributed by atoms with Crippen LogP contribution in [0.2, 0.25) is 0 Å². The Balaban J connectivity index is 1.99. The number of benzene rings is 2. The molecular formula is C31H40N4O5S. The van der Waals surface area contributed by atoms with Crippen molar-refractivity contribution in [1.82, 2.24) is 15.1 Å². The number of nitrogens with zero attached hydrogens (tertiary/aromatic N) is 3. The molecule has 2 atom stereocenters. The van der Waals surface area contributed by atoms with Gasteiger partial charge in [-0.3, -0.25) is 14.5 Å². The van der Waals surface area contributed by atoms with Gasteiger partial charge in [0.15, 0.2) is 11.5 Å². The number of carbonyl (C=O) groups excluding carboxylic acids is 2. The molecule has 2 aromatic carbocycles. The van der Waals surface area contributed by atoms with Crippen molar-refractivity contribution in [3.8, 4) is 22.9 Å². The molecule has 1 aromatic heterocycles. The Kier molecular flexibility index (Phi) is 9.21. The highest BCUT2D eigenvalue weighted by Crippen LogP contribution is 2.49. The Morgan fingerprint density at radius 1 is 1.07 bits per heavy atom. The summed E-state index contributed by atoms with van der Waals surface area (Å²) in [4.78, 5) is 28.6. The molecule has 0 aliphatic carbocycles. The Labute approximate surface area is 246 Å². The van der Waals surface area contributed by atoms with Gasteiger partial charge in [0.1, 0.15) is 18.1 Å². The smallest absolute Gasteiger partial charge is 0.240 e. The minimum Gasteiger partial charge on any atom is -0.497 e. The molecule has 0 radical (unpaired) electrons. The third-order valence-electron chi connectivity index (χ3n) is 7.15. The van der Waals surface area contributed by atoms with E-state index < -0.39 is 0 Å². The van der Waals surface area contributed by atoms with Gasteiger partial charge in [0.05, 0.1) is 43.7 Å². The number of methoxy groups -OCH3 is 3. The molecule has 2 amide bonds. The zero-order chi connectivity index (χ0) is 29.9. The standard InChI is InChI=1S/C31H40N4O5S/c1-9-19(2)32-25(36)17-34-26(37)18-41-28(20-10-15-23(39-7)24(16-20)40-8)27-29(31(3,4)5)33-35(30(27)34)21-11-13-22(38-6)14-12-21/h10-16,19,28H,9,17-18H2,1-8H3,(H,32,36). The maximum atomic E-state index is 13.8. The van der Waals surface area contributed by atoms with Gasteiger partial charge in [-0.15, -0.1) is 11.8 Å². The van der Waals surface area contributed by atoms with E-state index in [2.05, 4.69) is 26.1 Å². The fourth-order valence-electron chi connectivity index (χ4n) is 4.82. The molecule has 2 heterocycles. The molecule has 4 rings (SSSR count). The van der Waals surface area contributed by atoms with Gasteiger partial charge >= 0.3 is 0 Å². The maximum Gasteiger partial charge on any atom is 0.240 e. The number of nitrogens with one attached hydrogen (secondary N) is 1. The number of hydrogen-bond acceptors (Lipinski definition) is 7. The summed E-state index contributed by atoms with van der Waals surface area (Å²) in [5.74, 6) is 2.35. The van der Waals surface area contributed by atoms with Crippen molar-refractivity contribution in [1.29, 1.82) is 0 Å². The summed E-state index contributed by atoms with van der Waals surface area (Å²) in [6, 6.07) is 13.4. The van der Waals surface area contributed by atoms with Gasteiger partial charge in [-0.05, 0) is 55.3 Å². The minimum atomic E-state index is -0.366. The van der Waals surface area contributed by atoms with Gasteiger partial charge in [-0.25, -0.2) is 4.68 Å². The third kappa shape index (κ3) is 6.32. The van der Waals surface area contributed by atoms with Gasteiger partial charge < -0.3 is 19.5 Å². The van der Waals surface area contributed by atoms with E-state index in [9.17, 15) is 9.59 Å². The predicted octanol–water partition coefficient (Wildman–Crippen LogP) is 5.28. The molecule has 0 bridgehead atoms. The largest absolute Gasteiger partial charge is 0.497 e. The molecule has 0 saturated carbocycles. The Morgan fingerprint density at radius 2 is 1.76 bits per heavy atom. The second kappa shape index (κ2) is 12.5. The molecule has 9 nitrogen and oxygen atoms in total. The van der Waals surface area contributed by atoms with Crippen molar-refractivity contribution in [2.24, 2.45) is 0 Å². The van der Waals surface area contributed by atoms with Crippen LogP contribution in [0.3, 0.4) is 0 Å². The van der Waals surface area contributed by atoms with Crippen LogP contribution in [0.25, 0.3) is 5.69 Å². The topological polar surface area (TPSA) is 94.9 Å². The molecule has 41 heavy (non-hydrogen) atoms. The zero-order valence-electron chi connectivity index (χ0n) is 25.1. The van der Waals surface area contributed by atoms with Crippen molar-refractivity contribution in [3.63, 3.8) is 0 Å². The SMILES string of the molecule is CCC(C)NC(=O)CN1C(=O)CSC(c2ccc(OC)c(OC)c2)c2c(C(C)(C)C)nn(-c3ccc(OC)cc3)c21. The van der Waals surface area contributed by atoms with Crippen molar-refractivity contribution >= 4 is 29.4 Å². The van der Waals surface area contributed by atoms with Crippen LogP contribution in [0.1, 0.15) is 63.1 Å². The highest BCUT2D eigenvalue weighted by atomic mass is 32.2. The molecule has 220 valence electrons. The molecule has 1 aliphatic heterocycles. The first-order valence-electron chi connectivity index (χ1n) is 13.7. The number of ether oxygens (including phenoxy) is 3. The predicted molar refractivity (Wildman–Crippen MR) is 163 cm³/mol. The first-order chi connectivity index (χ1) is 19.5. The zero-order valence-corrected chi connectivity index (χ0v) is 25.9. The van der Waals surface area contributed by atoms with Crippen LogP contribution in [0, 0.1) is 0 Å². The summed E-state index contributed by atoms with van der Waals surface area (Å²) in [6.45, 7) is 10.2. The Hall–Kier alpha value is -3.66. The van der Waals surface area contributed by atoms with E-state index in [1.54, 1.807) is 30.9 Å². The lowest BCUT2D eigenvalue weighted by molar-refractivity contribution is -0.123. The van der Waals surface area contributed by atoms with Crippen LogP contribution in [-0.4, -0.2) is 61.3 Å². The van der Waals surface area contributed by atoms with Gasteiger partial charge in [-0.2, -0.15) is 5.10 Å². The van der Waals surface area contributed by atoms with E-state index in [0.717, 1.165) is 28.9 Å². The van der Waals surface area contributed by atoms with E-state index in [-0.39, 0.29) is 40.8 Å².